The molecule has 17 heavy (non-hydrogen) atoms. The van der Waals surface area contributed by atoms with Crippen LogP contribution in [0.5, 0.6) is 5.75 Å². The second kappa shape index (κ2) is 4.51. The van der Waals surface area contributed by atoms with Crippen molar-refractivity contribution in [3.63, 3.8) is 0 Å². The highest BCUT2D eigenvalue weighted by Crippen LogP contribution is 2.32. The van der Waals surface area contributed by atoms with Crippen LogP contribution < -0.4 is 0 Å². The smallest absolute Gasteiger partial charge is 0.125 e. The Kier molecular flexibility index (Phi) is 3.06. The molecule has 0 saturated carbocycles. The summed E-state index contributed by atoms with van der Waals surface area (Å²) in [6.07, 6.45) is 2.01. The van der Waals surface area contributed by atoms with E-state index in [1.807, 2.05) is 19.9 Å². The van der Waals surface area contributed by atoms with Crippen molar-refractivity contribution in [3.8, 4) is 5.75 Å². The van der Waals surface area contributed by atoms with Gasteiger partial charge in [-0.3, -0.25) is 0 Å². The third-order valence-electron chi connectivity index (χ3n) is 2.92. The molecule has 0 amide bonds. The molecule has 0 aliphatic rings. The van der Waals surface area contributed by atoms with Gasteiger partial charge in [-0.05, 0) is 37.1 Å². The number of aliphatic hydroxyl groups is 1. The fraction of sp³-hybridized carbons (Fsp3) is 0.231. The van der Waals surface area contributed by atoms with Gasteiger partial charge in [-0.1, -0.05) is 6.07 Å². The third-order valence-corrected chi connectivity index (χ3v) is 2.92. The Morgan fingerprint density at radius 1 is 1.18 bits per heavy atom. The van der Waals surface area contributed by atoms with Crippen LogP contribution in [0.15, 0.2) is 30.7 Å². The summed E-state index contributed by atoms with van der Waals surface area (Å²) in [5, 5.41) is 20.1. The molecule has 88 valence electrons. The largest absolute Gasteiger partial charge is 0.508 e. The fourth-order valence-corrected chi connectivity index (χ4v) is 1.78. The zero-order valence-corrected chi connectivity index (χ0v) is 9.75. The van der Waals surface area contributed by atoms with Crippen molar-refractivity contribution in [2.45, 2.75) is 20.0 Å². The van der Waals surface area contributed by atoms with E-state index in [0.717, 1.165) is 11.1 Å². The first-order valence-corrected chi connectivity index (χ1v) is 5.34. The molecule has 2 rings (SSSR count). The lowest BCUT2D eigenvalue weighted by Gasteiger charge is -2.16. The number of aromatic nitrogens is 2. The molecule has 2 aromatic rings. The SMILES string of the molecule is Cc1ccc(O)c(C(O)c2ccncn2)c1C. The van der Waals surface area contributed by atoms with E-state index >= 15 is 0 Å². The number of aromatic hydroxyl groups is 1. The molecule has 0 saturated heterocycles. The Morgan fingerprint density at radius 2 is 1.94 bits per heavy atom. The van der Waals surface area contributed by atoms with E-state index in [9.17, 15) is 10.2 Å². The molecule has 0 aliphatic carbocycles. The van der Waals surface area contributed by atoms with Crippen molar-refractivity contribution in [2.24, 2.45) is 0 Å². The summed E-state index contributed by atoms with van der Waals surface area (Å²) in [5.74, 6) is 0.0826. The van der Waals surface area contributed by atoms with E-state index < -0.39 is 6.10 Å². The highest BCUT2D eigenvalue weighted by atomic mass is 16.3. The molecule has 1 aromatic carbocycles. The first kappa shape index (κ1) is 11.5. The van der Waals surface area contributed by atoms with Gasteiger partial charge in [0.25, 0.3) is 0 Å². The van der Waals surface area contributed by atoms with E-state index in [4.69, 9.17) is 0 Å². The quantitative estimate of drug-likeness (QED) is 0.826. The van der Waals surface area contributed by atoms with Crippen LogP contribution in [-0.4, -0.2) is 20.2 Å². The minimum Gasteiger partial charge on any atom is -0.508 e. The first-order chi connectivity index (χ1) is 8.11. The number of rotatable bonds is 2. The van der Waals surface area contributed by atoms with Gasteiger partial charge in [0, 0.05) is 11.8 Å². The molecule has 0 aliphatic heterocycles. The minimum atomic E-state index is -0.933. The Hall–Kier alpha value is -1.94. The van der Waals surface area contributed by atoms with Gasteiger partial charge >= 0.3 is 0 Å². The molecule has 0 fully saturated rings. The van der Waals surface area contributed by atoms with Gasteiger partial charge in [-0.15, -0.1) is 0 Å². The van der Waals surface area contributed by atoms with Crippen LogP contribution in [0.4, 0.5) is 0 Å². The van der Waals surface area contributed by atoms with Crippen molar-refractivity contribution in [1.82, 2.24) is 9.97 Å². The second-order valence-electron chi connectivity index (χ2n) is 3.98. The Labute approximate surface area is 99.6 Å². The number of phenols is 1. The van der Waals surface area contributed by atoms with Gasteiger partial charge in [0.2, 0.25) is 0 Å². The summed E-state index contributed by atoms with van der Waals surface area (Å²) in [7, 11) is 0. The highest BCUT2D eigenvalue weighted by molar-refractivity contribution is 5.46. The number of benzene rings is 1. The fourth-order valence-electron chi connectivity index (χ4n) is 1.78. The summed E-state index contributed by atoms with van der Waals surface area (Å²) in [6.45, 7) is 3.81. The van der Waals surface area contributed by atoms with E-state index in [1.165, 1.54) is 6.33 Å². The number of nitrogens with zero attached hydrogens (tertiary/aromatic N) is 2. The molecule has 2 N–H and O–H groups in total. The molecule has 0 bridgehead atoms. The zero-order valence-electron chi connectivity index (χ0n) is 9.75. The molecular formula is C13H14N2O2. The number of aliphatic hydroxyl groups excluding tert-OH is 1. The maximum Gasteiger partial charge on any atom is 0.125 e. The van der Waals surface area contributed by atoms with Crippen molar-refractivity contribution < 1.29 is 10.2 Å². The van der Waals surface area contributed by atoms with Gasteiger partial charge in [-0.2, -0.15) is 0 Å². The van der Waals surface area contributed by atoms with E-state index in [-0.39, 0.29) is 5.75 Å². The summed E-state index contributed by atoms with van der Waals surface area (Å²) >= 11 is 0. The van der Waals surface area contributed by atoms with Gasteiger partial charge in [0.1, 0.15) is 18.2 Å². The molecule has 1 heterocycles. The number of hydrogen-bond donors (Lipinski definition) is 2. The van der Waals surface area contributed by atoms with Crippen molar-refractivity contribution in [3.05, 3.63) is 53.1 Å². The van der Waals surface area contributed by atoms with E-state index in [0.29, 0.717) is 11.3 Å². The van der Waals surface area contributed by atoms with Crippen LogP contribution in [-0.2, 0) is 0 Å². The van der Waals surface area contributed by atoms with E-state index in [1.54, 1.807) is 18.3 Å². The Balaban J connectivity index is 2.51. The van der Waals surface area contributed by atoms with Gasteiger partial charge in [0.05, 0.1) is 5.69 Å². The summed E-state index contributed by atoms with van der Waals surface area (Å²) in [6, 6.07) is 5.04. The summed E-state index contributed by atoms with van der Waals surface area (Å²) in [4.78, 5) is 7.79. The Morgan fingerprint density at radius 3 is 2.59 bits per heavy atom. The zero-order chi connectivity index (χ0) is 12.4. The molecule has 4 heteroatoms. The molecule has 0 radical (unpaired) electrons. The van der Waals surface area contributed by atoms with Crippen LogP contribution in [0, 0.1) is 13.8 Å². The predicted molar refractivity (Wildman–Crippen MR) is 63.7 cm³/mol. The molecular weight excluding hydrogens is 216 g/mol. The third kappa shape index (κ3) is 2.12. The van der Waals surface area contributed by atoms with Gasteiger partial charge < -0.3 is 10.2 Å². The standard InChI is InChI=1S/C13H14N2O2/c1-8-3-4-11(16)12(9(8)2)13(17)10-5-6-14-7-15-10/h3-7,13,16-17H,1-2H3. The van der Waals surface area contributed by atoms with Gasteiger partial charge in [-0.25, -0.2) is 9.97 Å². The maximum atomic E-state index is 10.2. The maximum absolute atomic E-state index is 10.2. The normalized spacial score (nSPS) is 12.4. The molecule has 0 spiro atoms. The molecule has 1 aromatic heterocycles. The van der Waals surface area contributed by atoms with Crippen LogP contribution >= 0.6 is 0 Å². The van der Waals surface area contributed by atoms with Crippen LogP contribution in [0.1, 0.15) is 28.5 Å². The number of aryl methyl sites for hydroxylation is 1. The topological polar surface area (TPSA) is 66.2 Å². The van der Waals surface area contributed by atoms with Crippen molar-refractivity contribution in [1.29, 1.82) is 0 Å². The summed E-state index contributed by atoms with van der Waals surface area (Å²) < 4.78 is 0. The second-order valence-corrected chi connectivity index (χ2v) is 3.98. The van der Waals surface area contributed by atoms with Gasteiger partial charge in [0.15, 0.2) is 0 Å². The lowest BCUT2D eigenvalue weighted by atomic mass is 9.96. The average Bonchev–Trinajstić information content (AvgIpc) is 2.35. The summed E-state index contributed by atoms with van der Waals surface area (Å²) in [5.41, 5.74) is 2.87. The Bertz CT molecular complexity index is 526. The highest BCUT2D eigenvalue weighted by Gasteiger charge is 2.19. The molecule has 1 atom stereocenters. The van der Waals surface area contributed by atoms with Crippen LogP contribution in [0.3, 0.4) is 0 Å². The monoisotopic (exact) mass is 230 g/mol. The predicted octanol–water partition coefficient (Wildman–Crippen LogP) is 1.88. The minimum absolute atomic E-state index is 0.0826. The lowest BCUT2D eigenvalue weighted by Crippen LogP contribution is -2.05. The van der Waals surface area contributed by atoms with Crippen molar-refractivity contribution in [2.75, 3.05) is 0 Å². The lowest BCUT2D eigenvalue weighted by molar-refractivity contribution is 0.209. The number of phenolic OH excluding ortho intramolecular Hbond substituents is 1. The molecule has 1 unspecified atom stereocenters. The average molecular weight is 230 g/mol. The van der Waals surface area contributed by atoms with Crippen LogP contribution in [0.2, 0.25) is 0 Å². The van der Waals surface area contributed by atoms with Crippen molar-refractivity contribution >= 4 is 0 Å². The number of hydrogen-bond acceptors (Lipinski definition) is 4. The molecule has 4 nitrogen and oxygen atoms in total. The van der Waals surface area contributed by atoms with Crippen LogP contribution in [0.25, 0.3) is 0 Å². The van der Waals surface area contributed by atoms with E-state index in [2.05, 4.69) is 9.97 Å². The first-order valence-electron chi connectivity index (χ1n) is 5.34.